The average molecular weight is 1510 g/mol. The van der Waals surface area contributed by atoms with E-state index in [1.807, 2.05) is 64.1 Å². The number of ether oxygens (including phenoxy) is 1. The number of aliphatic hydroxyl groups is 1. The van der Waals surface area contributed by atoms with E-state index in [-0.39, 0.29) is 69.3 Å². The predicted octanol–water partition coefficient (Wildman–Crippen LogP) is 14.3. The number of aromatic hydroxyl groups is 6. The number of allylic oxidation sites excluding steroid dienone is 1. The zero-order valence-corrected chi connectivity index (χ0v) is 63.6. The summed E-state index contributed by atoms with van der Waals surface area (Å²) in [5, 5.41) is 81.6. The van der Waals surface area contributed by atoms with Crippen LogP contribution in [0.1, 0.15) is 155 Å². The van der Waals surface area contributed by atoms with Crippen molar-refractivity contribution in [2.45, 2.75) is 167 Å². The summed E-state index contributed by atoms with van der Waals surface area (Å²) in [6, 6.07) is 34.4. The summed E-state index contributed by atoms with van der Waals surface area (Å²) in [6.07, 6.45) is 12.5. The molecule has 7 aromatic carbocycles. The zero-order chi connectivity index (χ0) is 74.2. The number of likely N-dealkylation sites (N-methyl/N-ethyl adjacent to an activating group) is 1. The Balaban J connectivity index is 0.000000127. The molecule has 3 saturated heterocycles. The lowest BCUT2D eigenvalue weighted by Crippen LogP contribution is -2.71. The van der Waals surface area contributed by atoms with Gasteiger partial charge in [0.25, 0.3) is 11.8 Å². The first-order valence-electron chi connectivity index (χ1n) is 37.8. The van der Waals surface area contributed by atoms with Crippen molar-refractivity contribution in [2.24, 2.45) is 29.6 Å². The van der Waals surface area contributed by atoms with Gasteiger partial charge < -0.3 is 56.3 Å². The molecular weight excluding hydrogens is 1410 g/mol. The minimum absolute atomic E-state index is 0.00657. The molecule has 105 heavy (non-hydrogen) atoms. The second kappa shape index (κ2) is 29.5. The summed E-state index contributed by atoms with van der Waals surface area (Å²) in [4.78, 5) is 53.7. The van der Waals surface area contributed by atoms with Gasteiger partial charge in [-0.15, -0.1) is 0 Å². The van der Waals surface area contributed by atoms with Crippen LogP contribution in [-0.4, -0.2) is 154 Å². The predicted molar refractivity (Wildman–Crippen MR) is 413 cm³/mol. The lowest BCUT2D eigenvalue weighted by atomic mass is 9.67. The molecule has 9 aliphatic rings. The Kier molecular flexibility index (Phi) is 20.8. The molecular formula is C85H99BrClN7O11. The van der Waals surface area contributed by atoms with Crippen molar-refractivity contribution in [3.63, 3.8) is 0 Å². The number of nitrogens with one attached hydrogen (secondary N) is 3. The highest BCUT2D eigenvalue weighted by Crippen LogP contribution is 2.54. The molecule has 554 valence electrons. The maximum atomic E-state index is 14.4. The van der Waals surface area contributed by atoms with Crippen LogP contribution in [0.15, 0.2) is 120 Å². The molecule has 0 spiro atoms. The van der Waals surface area contributed by atoms with Gasteiger partial charge >= 0.3 is 0 Å². The van der Waals surface area contributed by atoms with E-state index in [0.29, 0.717) is 56.6 Å². The monoisotopic (exact) mass is 1510 g/mol. The Labute approximate surface area is 628 Å². The minimum atomic E-state index is -2.00. The largest absolute Gasteiger partial charge is 0.508 e. The van der Waals surface area contributed by atoms with E-state index in [1.54, 1.807) is 29.2 Å². The van der Waals surface area contributed by atoms with E-state index >= 15 is 0 Å². The molecule has 8 aromatic rings. The Bertz CT molecular complexity index is 4710. The summed E-state index contributed by atoms with van der Waals surface area (Å²) in [7, 11) is 2.16. The number of phenols is 6. The lowest BCUT2D eigenvalue weighted by Gasteiger charge is -2.49. The third-order valence-electron chi connectivity index (χ3n) is 23.8. The molecule has 4 aliphatic carbocycles. The summed E-state index contributed by atoms with van der Waals surface area (Å²) in [6.45, 7) is 19.7. The van der Waals surface area contributed by atoms with Gasteiger partial charge in [-0.25, -0.2) is 0 Å². The first-order valence-corrected chi connectivity index (χ1v) is 39.0. The molecule has 0 saturated carbocycles. The van der Waals surface area contributed by atoms with Crippen LogP contribution in [0.4, 0.5) is 0 Å². The molecule has 3 amide bonds. The quantitative estimate of drug-likeness (QED) is 0.0541. The Hall–Kier alpha value is -8.14. The number of aromatic amines is 1. The molecule has 18 nitrogen and oxygen atoms in total. The lowest BCUT2D eigenvalue weighted by molar-refractivity contribution is -0.322. The van der Waals surface area contributed by atoms with Crippen molar-refractivity contribution < 1.29 is 54.9 Å². The number of H-pyrrole nitrogens is 1. The van der Waals surface area contributed by atoms with Gasteiger partial charge in [0.15, 0.2) is 23.0 Å². The number of carbonyl (C=O) groups excluding carboxylic acids is 3. The maximum Gasteiger partial charge on any atom is 0.281 e. The van der Waals surface area contributed by atoms with Crippen molar-refractivity contribution >= 4 is 72.5 Å². The first-order chi connectivity index (χ1) is 50.3. The van der Waals surface area contributed by atoms with E-state index in [2.05, 4.69) is 124 Å². The van der Waals surface area contributed by atoms with Crippen molar-refractivity contribution in [1.29, 1.82) is 0 Å². The topological polar surface area (TPSA) is 255 Å². The molecule has 3 unspecified atom stereocenters. The summed E-state index contributed by atoms with van der Waals surface area (Å²) >= 11 is 9.91. The smallest absolute Gasteiger partial charge is 0.281 e. The van der Waals surface area contributed by atoms with E-state index in [4.69, 9.17) is 16.3 Å². The number of aromatic nitrogens is 1. The van der Waals surface area contributed by atoms with Crippen LogP contribution in [0.25, 0.3) is 38.4 Å². The molecule has 1 aromatic heterocycles. The van der Waals surface area contributed by atoms with Gasteiger partial charge in [0.05, 0.1) is 15.5 Å². The van der Waals surface area contributed by atoms with Crippen LogP contribution in [0.2, 0.25) is 5.02 Å². The van der Waals surface area contributed by atoms with Gasteiger partial charge in [0.1, 0.15) is 23.6 Å². The molecule has 0 radical (unpaired) electrons. The van der Waals surface area contributed by atoms with Crippen LogP contribution in [-0.2, 0) is 57.6 Å². The molecule has 20 heteroatoms. The van der Waals surface area contributed by atoms with Gasteiger partial charge in [0.2, 0.25) is 17.5 Å². The van der Waals surface area contributed by atoms with Crippen molar-refractivity contribution in [3.05, 3.63) is 181 Å². The molecule has 10 N–H and O–H groups in total. The number of piperazine rings is 1. The summed E-state index contributed by atoms with van der Waals surface area (Å²) < 4.78 is 7.47. The number of hydrogen-bond acceptors (Lipinski definition) is 14. The average Bonchev–Trinajstić information content (AvgIpc) is 1.54. The third-order valence-corrected chi connectivity index (χ3v) is 24.9. The highest BCUT2D eigenvalue weighted by atomic mass is 79.9. The fourth-order valence-corrected chi connectivity index (χ4v) is 19.7. The number of hydrogen-bond donors (Lipinski definition) is 10. The standard InChI is InChI=1S/C33H41BrN4O5.C19H25NO.C17H17NO2.C16H16ClNO3/c1-16(2)12-25-30(40)37-11-7-10-26(37)33(42)38(25)31(41)32(43-33,17(3)4)36-29(39)19-13-18(5)21-15-23-27-20(22(21)14-19)8-6-9-24(27)35-28(23)34;1-3-8-20(9-4-2)17-10-14-6-5-7-15-12-18(21)13-16(11-17)19(14)15;1-18-8-7-10-3-2-4-12-15(10)13(18)9-11-5-6-14(19)17(20)16(11)12;17-15-11-5-6-18-8-13(9-1-3-10(19)4-2-9)12(11)7-14(20)16(15)21/h6,8-9,14,16-19,21,25-26,35,42H,7,10-13,15H2,1-5H3,(H,36,39);5-7,12-13,17,21H,3-4,8-11H2,1-2H3;2-6,13,19-20H,7-9H2,1H3;1-4,7,13,18-21H,5-6,8H2/t18?,19-,21-,25-,26-,32+,33-;;13-;/m0.1./s1. The SMILES string of the molecule is CC(C)C[C@H]1C(=O)N2CCC[C@H]2[C@]2(O)O[C@](NC(=O)[C@@H]3C=C4c5cccc6[nH]c(Br)c(c56)C[C@H]4C(C)C3)(C(C)C)C(=O)N12.CCCN(CCC)C1Cc2cccc3cc(O)cc(c23)C1.CN1CCc2cccc3c2[C@H]1Cc1ccc(O)c(O)c1-3.Oc1ccc(C2CNCCc3c2cc(O)c(O)c3Cl)cc1. The van der Waals surface area contributed by atoms with Crippen molar-refractivity contribution in [1.82, 2.24) is 35.2 Å². The van der Waals surface area contributed by atoms with Gasteiger partial charge in [-0.05, 0) is 257 Å². The second-order valence-electron chi connectivity index (χ2n) is 31.3. The Morgan fingerprint density at radius 3 is 2.25 bits per heavy atom. The molecule has 10 atom stereocenters. The van der Waals surface area contributed by atoms with Crippen LogP contribution in [0.3, 0.4) is 0 Å². The highest BCUT2D eigenvalue weighted by molar-refractivity contribution is 9.10. The second-order valence-corrected chi connectivity index (χ2v) is 32.5. The Morgan fingerprint density at radius 1 is 0.781 bits per heavy atom. The van der Waals surface area contributed by atoms with Gasteiger partial charge in [0, 0.05) is 60.0 Å². The van der Waals surface area contributed by atoms with E-state index in [1.165, 1.54) is 80.4 Å². The van der Waals surface area contributed by atoms with Crippen LogP contribution in [0, 0.1) is 29.6 Å². The van der Waals surface area contributed by atoms with E-state index < -0.39 is 41.5 Å². The number of carbonyl (C=O) groups is 3. The van der Waals surface area contributed by atoms with Gasteiger partial charge in [-0.1, -0.05) is 133 Å². The van der Waals surface area contributed by atoms with Crippen molar-refractivity contribution in [3.8, 4) is 45.6 Å². The molecule has 6 heterocycles. The number of phenolic OH excluding ortho intramolecular Hbond substituents is 6. The third kappa shape index (κ3) is 13.3. The van der Waals surface area contributed by atoms with Gasteiger partial charge in [-0.3, -0.25) is 33.8 Å². The van der Waals surface area contributed by atoms with E-state index in [0.717, 1.165) is 101 Å². The number of amides is 3. The molecule has 3 fully saturated rings. The molecule has 17 rings (SSSR count). The normalized spacial score (nSPS) is 25.3. The van der Waals surface area contributed by atoms with Crippen molar-refractivity contribution in [2.75, 3.05) is 46.3 Å². The maximum absolute atomic E-state index is 14.4. The van der Waals surface area contributed by atoms with E-state index in [9.17, 15) is 50.1 Å². The number of halogens is 2. The summed E-state index contributed by atoms with van der Waals surface area (Å²) in [5.41, 5.74) is 14.1. The Morgan fingerprint density at radius 2 is 1.50 bits per heavy atom. The number of benzene rings is 7. The first kappa shape index (κ1) is 73.7. The molecule has 0 bridgehead atoms. The van der Waals surface area contributed by atoms with Crippen LogP contribution >= 0.6 is 27.5 Å². The number of fused-ring (bicyclic) bond motifs is 8. The molecule has 5 aliphatic heterocycles. The zero-order valence-electron chi connectivity index (χ0n) is 61.3. The highest BCUT2D eigenvalue weighted by Gasteiger charge is 2.72. The minimum Gasteiger partial charge on any atom is -0.508 e. The summed E-state index contributed by atoms with van der Waals surface area (Å²) in [5.74, 6) is -3.21. The van der Waals surface area contributed by atoms with Gasteiger partial charge in [-0.2, -0.15) is 0 Å². The number of nitrogens with zero attached hydrogens (tertiary/aromatic N) is 4. The number of rotatable bonds is 11. The van der Waals surface area contributed by atoms with Crippen LogP contribution in [0.5, 0.6) is 34.5 Å². The van der Waals surface area contributed by atoms with Crippen LogP contribution < -0.4 is 10.6 Å². The fourth-order valence-electron chi connectivity index (χ4n) is 18.8. The fraction of sp³-hybridized carbons (Fsp3) is 0.447.